The van der Waals surface area contributed by atoms with Gasteiger partial charge in [0.05, 0.1) is 7.11 Å². The van der Waals surface area contributed by atoms with E-state index in [0.717, 1.165) is 18.5 Å². The quantitative estimate of drug-likeness (QED) is 0.837. The van der Waals surface area contributed by atoms with E-state index in [4.69, 9.17) is 4.74 Å². The third kappa shape index (κ3) is 4.07. The summed E-state index contributed by atoms with van der Waals surface area (Å²) in [6.07, 6.45) is 3.04. The van der Waals surface area contributed by atoms with Crippen molar-refractivity contribution in [3.8, 4) is 5.88 Å². The van der Waals surface area contributed by atoms with E-state index in [1.165, 1.54) is 0 Å². The summed E-state index contributed by atoms with van der Waals surface area (Å²) in [6, 6.07) is 12.0. The van der Waals surface area contributed by atoms with Gasteiger partial charge < -0.3 is 14.5 Å². The second kappa shape index (κ2) is 7.96. The first-order chi connectivity index (χ1) is 12.2. The van der Waals surface area contributed by atoms with Crippen molar-refractivity contribution in [2.24, 2.45) is 0 Å². The fourth-order valence-electron chi connectivity index (χ4n) is 3.15. The first-order valence-corrected chi connectivity index (χ1v) is 8.66. The van der Waals surface area contributed by atoms with E-state index < -0.39 is 0 Å². The van der Waals surface area contributed by atoms with E-state index in [2.05, 4.69) is 33.9 Å². The Morgan fingerprint density at radius 3 is 2.76 bits per heavy atom. The third-order valence-corrected chi connectivity index (χ3v) is 4.56. The summed E-state index contributed by atoms with van der Waals surface area (Å²) in [4.78, 5) is 25.6. The number of hydrogen-bond acceptors (Lipinski definition) is 5. The zero-order chi connectivity index (χ0) is 17.6. The molecule has 0 aliphatic carbocycles. The summed E-state index contributed by atoms with van der Waals surface area (Å²) >= 11 is 0. The summed E-state index contributed by atoms with van der Waals surface area (Å²) in [6.45, 7) is 4.10. The number of anilines is 1. The molecule has 1 amide bonds. The van der Waals surface area contributed by atoms with Crippen molar-refractivity contribution < 1.29 is 9.53 Å². The lowest BCUT2D eigenvalue weighted by atomic mass is 10.1. The molecule has 1 aliphatic heterocycles. The minimum Gasteiger partial charge on any atom is -0.481 e. The molecule has 2 aromatic rings. The standard InChI is InChI=1S/C19H24N4O2/c1-3-16-14-22(19-20-11-9-17(21-19)25-2)12-10-18(24)23(16)13-15-7-5-4-6-8-15/h4-9,11,16H,3,10,12-14H2,1-2H3/t16-/m0/s1. The molecule has 3 rings (SSSR count). The Hall–Kier alpha value is -2.63. The highest BCUT2D eigenvalue weighted by Gasteiger charge is 2.29. The number of methoxy groups -OCH3 is 1. The Balaban J connectivity index is 1.80. The summed E-state index contributed by atoms with van der Waals surface area (Å²) in [5.41, 5.74) is 1.15. The molecule has 1 aliphatic rings. The van der Waals surface area contributed by atoms with E-state index in [0.29, 0.717) is 31.3 Å². The first-order valence-electron chi connectivity index (χ1n) is 8.66. The van der Waals surface area contributed by atoms with Crippen molar-refractivity contribution in [3.63, 3.8) is 0 Å². The van der Waals surface area contributed by atoms with E-state index in [1.54, 1.807) is 19.4 Å². The molecule has 1 saturated heterocycles. The van der Waals surface area contributed by atoms with Crippen molar-refractivity contribution in [3.05, 3.63) is 48.2 Å². The highest BCUT2D eigenvalue weighted by atomic mass is 16.5. The number of carbonyl (C=O) groups is 1. The van der Waals surface area contributed by atoms with Crippen LogP contribution in [0, 0.1) is 0 Å². The van der Waals surface area contributed by atoms with Gasteiger partial charge in [0.1, 0.15) is 0 Å². The van der Waals surface area contributed by atoms with Gasteiger partial charge in [-0.3, -0.25) is 4.79 Å². The molecule has 132 valence electrons. The predicted molar refractivity (Wildman–Crippen MR) is 96.5 cm³/mol. The maximum Gasteiger partial charge on any atom is 0.228 e. The molecule has 1 aromatic heterocycles. The molecule has 6 heteroatoms. The molecular weight excluding hydrogens is 316 g/mol. The van der Waals surface area contributed by atoms with Crippen LogP contribution in [0.15, 0.2) is 42.6 Å². The molecule has 0 saturated carbocycles. The van der Waals surface area contributed by atoms with Crippen LogP contribution in [-0.4, -0.2) is 47.0 Å². The third-order valence-electron chi connectivity index (χ3n) is 4.56. The molecule has 2 heterocycles. The summed E-state index contributed by atoms with van der Waals surface area (Å²) < 4.78 is 5.20. The molecule has 0 N–H and O–H groups in total. The molecular formula is C19H24N4O2. The van der Waals surface area contributed by atoms with Crippen LogP contribution >= 0.6 is 0 Å². The van der Waals surface area contributed by atoms with E-state index >= 15 is 0 Å². The minimum atomic E-state index is 0.130. The Bertz CT molecular complexity index is 708. The van der Waals surface area contributed by atoms with E-state index in [9.17, 15) is 4.79 Å². The smallest absolute Gasteiger partial charge is 0.228 e. The Kier molecular flexibility index (Phi) is 5.48. The van der Waals surface area contributed by atoms with Gasteiger partial charge in [-0.2, -0.15) is 4.98 Å². The molecule has 1 atom stereocenters. The van der Waals surface area contributed by atoms with Gasteiger partial charge in [-0.1, -0.05) is 37.3 Å². The number of ether oxygens (including phenoxy) is 1. The number of hydrogen-bond donors (Lipinski definition) is 0. The van der Waals surface area contributed by atoms with Gasteiger partial charge in [-0.25, -0.2) is 4.98 Å². The van der Waals surface area contributed by atoms with Gasteiger partial charge in [0, 0.05) is 44.4 Å². The largest absolute Gasteiger partial charge is 0.481 e. The zero-order valence-corrected chi connectivity index (χ0v) is 14.8. The summed E-state index contributed by atoms with van der Waals surface area (Å²) in [5.74, 6) is 1.34. The number of aromatic nitrogens is 2. The van der Waals surface area contributed by atoms with Crippen LogP contribution in [0.5, 0.6) is 5.88 Å². The van der Waals surface area contributed by atoms with Gasteiger partial charge in [0.15, 0.2) is 0 Å². The predicted octanol–water partition coefficient (Wildman–Crippen LogP) is 2.50. The molecule has 0 radical (unpaired) electrons. The fraction of sp³-hybridized carbons (Fsp3) is 0.421. The lowest BCUT2D eigenvalue weighted by Crippen LogP contribution is -2.42. The average molecular weight is 340 g/mol. The van der Waals surface area contributed by atoms with Crippen molar-refractivity contribution in [1.29, 1.82) is 0 Å². The van der Waals surface area contributed by atoms with Crippen LogP contribution in [0.4, 0.5) is 5.95 Å². The average Bonchev–Trinajstić information content (AvgIpc) is 2.82. The van der Waals surface area contributed by atoms with Crippen LogP contribution in [0.3, 0.4) is 0 Å². The van der Waals surface area contributed by atoms with Crippen LogP contribution in [0.1, 0.15) is 25.3 Å². The van der Waals surface area contributed by atoms with Crippen LogP contribution in [0.2, 0.25) is 0 Å². The normalized spacial score (nSPS) is 18.2. The molecule has 6 nitrogen and oxygen atoms in total. The van der Waals surface area contributed by atoms with Crippen molar-refractivity contribution in [2.45, 2.75) is 32.4 Å². The van der Waals surface area contributed by atoms with Crippen molar-refractivity contribution in [2.75, 3.05) is 25.1 Å². The molecule has 0 bridgehead atoms. The number of nitrogens with zero attached hydrogens (tertiary/aromatic N) is 4. The van der Waals surface area contributed by atoms with Gasteiger partial charge in [-0.05, 0) is 12.0 Å². The monoisotopic (exact) mass is 340 g/mol. The highest BCUT2D eigenvalue weighted by Crippen LogP contribution is 2.21. The number of benzene rings is 1. The second-order valence-corrected chi connectivity index (χ2v) is 6.16. The Morgan fingerprint density at radius 1 is 1.24 bits per heavy atom. The maximum atomic E-state index is 12.7. The first kappa shape index (κ1) is 17.2. The molecule has 0 unspecified atom stereocenters. The zero-order valence-electron chi connectivity index (χ0n) is 14.8. The number of amides is 1. The highest BCUT2D eigenvalue weighted by molar-refractivity contribution is 5.77. The van der Waals surface area contributed by atoms with Gasteiger partial charge >= 0.3 is 0 Å². The Labute approximate surface area is 148 Å². The van der Waals surface area contributed by atoms with Crippen molar-refractivity contribution >= 4 is 11.9 Å². The summed E-state index contributed by atoms with van der Waals surface area (Å²) in [5, 5.41) is 0. The SMILES string of the molecule is CC[C@H]1CN(c2nccc(OC)n2)CCC(=O)N1Cc1ccccc1. The fourth-order valence-corrected chi connectivity index (χ4v) is 3.15. The van der Waals surface area contributed by atoms with Crippen molar-refractivity contribution in [1.82, 2.24) is 14.9 Å². The summed E-state index contributed by atoms with van der Waals surface area (Å²) in [7, 11) is 1.59. The van der Waals surface area contributed by atoms with Gasteiger partial charge in [0.2, 0.25) is 17.7 Å². The minimum absolute atomic E-state index is 0.130. The number of carbonyl (C=O) groups excluding carboxylic acids is 1. The van der Waals surface area contributed by atoms with E-state index in [1.807, 2.05) is 23.1 Å². The van der Waals surface area contributed by atoms with Crippen LogP contribution in [-0.2, 0) is 11.3 Å². The molecule has 0 spiro atoms. The van der Waals surface area contributed by atoms with Gasteiger partial charge in [-0.15, -0.1) is 0 Å². The van der Waals surface area contributed by atoms with Gasteiger partial charge in [0.25, 0.3) is 0 Å². The maximum absolute atomic E-state index is 12.7. The molecule has 1 fully saturated rings. The number of rotatable bonds is 5. The second-order valence-electron chi connectivity index (χ2n) is 6.16. The molecule has 25 heavy (non-hydrogen) atoms. The topological polar surface area (TPSA) is 58.6 Å². The van der Waals surface area contributed by atoms with Crippen LogP contribution < -0.4 is 9.64 Å². The van der Waals surface area contributed by atoms with E-state index in [-0.39, 0.29) is 11.9 Å². The Morgan fingerprint density at radius 2 is 2.04 bits per heavy atom. The van der Waals surface area contributed by atoms with Crippen LogP contribution in [0.25, 0.3) is 0 Å². The lowest BCUT2D eigenvalue weighted by molar-refractivity contribution is -0.133. The molecule has 1 aromatic carbocycles. The lowest BCUT2D eigenvalue weighted by Gasteiger charge is -2.31.